The van der Waals surface area contributed by atoms with Crippen LogP contribution in [0.4, 0.5) is 5.69 Å². The Balaban J connectivity index is 2.32. The lowest BCUT2D eigenvalue weighted by molar-refractivity contribution is -0.386. The maximum Gasteiger partial charge on any atom is 0.315 e. The van der Waals surface area contributed by atoms with E-state index in [0.717, 1.165) is 22.6 Å². The van der Waals surface area contributed by atoms with Gasteiger partial charge in [0, 0.05) is 24.2 Å². The molecule has 0 unspecified atom stereocenters. The van der Waals surface area contributed by atoms with E-state index >= 15 is 0 Å². The number of amides is 1. The molecular weight excluding hydrogens is 378 g/mol. The third kappa shape index (κ3) is 4.81. The van der Waals surface area contributed by atoms with Crippen molar-refractivity contribution in [1.82, 2.24) is 4.90 Å². The van der Waals surface area contributed by atoms with Gasteiger partial charge in [-0.3, -0.25) is 14.9 Å². The van der Waals surface area contributed by atoms with Crippen LogP contribution >= 0.6 is 0 Å². The van der Waals surface area contributed by atoms with E-state index in [2.05, 4.69) is 11.8 Å². The molecule has 0 aliphatic carbocycles. The normalized spacial score (nSPS) is 10.8. The Bertz CT molecular complexity index is 1090. The monoisotopic (exact) mass is 393 g/mol. The summed E-state index contributed by atoms with van der Waals surface area (Å²) in [5.74, 6) is 1.97. The van der Waals surface area contributed by atoms with E-state index in [9.17, 15) is 35.5 Å². The quantitative estimate of drug-likeness (QED) is 0.137. The van der Waals surface area contributed by atoms with Crippen LogP contribution in [-0.2, 0) is 4.79 Å². The van der Waals surface area contributed by atoms with Crippen molar-refractivity contribution in [2.24, 2.45) is 0 Å². The molecule has 0 bridgehead atoms. The number of nitro groups is 1. The summed E-state index contributed by atoms with van der Waals surface area (Å²) in [5, 5.41) is 49.6. The number of phenolic OH excluding ortho intramolecular Hbond substituents is 2. The second-order valence-electron chi connectivity index (χ2n) is 5.78. The van der Waals surface area contributed by atoms with Crippen molar-refractivity contribution in [2.75, 3.05) is 13.6 Å². The van der Waals surface area contributed by atoms with E-state index in [-0.39, 0.29) is 12.1 Å². The molecule has 146 valence electrons. The number of benzene rings is 2. The predicted octanol–water partition coefficient (Wildman–Crippen LogP) is 2.31. The van der Waals surface area contributed by atoms with Crippen molar-refractivity contribution in [3.8, 4) is 29.4 Å². The molecule has 0 aliphatic rings. The van der Waals surface area contributed by atoms with Gasteiger partial charge in [0.25, 0.3) is 5.91 Å². The van der Waals surface area contributed by atoms with Crippen LogP contribution in [-0.4, -0.2) is 44.6 Å². The Morgan fingerprint density at radius 3 is 2.48 bits per heavy atom. The number of carbonyl (C=O) groups excluding carboxylic acids is 1. The molecule has 9 heteroatoms. The average Bonchev–Trinajstić information content (AvgIpc) is 2.70. The molecule has 0 fully saturated rings. The highest BCUT2D eigenvalue weighted by molar-refractivity contribution is 6.03. The number of aromatic hydroxyl groups is 2. The summed E-state index contributed by atoms with van der Waals surface area (Å²) in [5.41, 5.74) is -1.23. The minimum Gasteiger partial charge on any atom is -0.506 e. The van der Waals surface area contributed by atoms with E-state index in [0.29, 0.717) is 0 Å². The van der Waals surface area contributed by atoms with Gasteiger partial charge < -0.3 is 20.2 Å². The molecule has 2 aromatic carbocycles. The van der Waals surface area contributed by atoms with Crippen molar-refractivity contribution in [2.45, 2.75) is 0 Å². The van der Waals surface area contributed by atoms with E-state index in [1.54, 1.807) is 30.3 Å². The van der Waals surface area contributed by atoms with Gasteiger partial charge in [-0.15, -0.1) is 0 Å². The maximum absolute atomic E-state index is 12.5. The Morgan fingerprint density at radius 2 is 1.90 bits per heavy atom. The van der Waals surface area contributed by atoms with Gasteiger partial charge in [-0.05, 0) is 18.2 Å². The van der Waals surface area contributed by atoms with E-state index in [1.807, 2.05) is 6.07 Å². The molecule has 0 aromatic heterocycles. The lowest BCUT2D eigenvalue weighted by Crippen LogP contribution is -2.28. The SMILES string of the molecule is CN(CC#Cc1ccccc1)C(=O)/C(C#N)=C(\O)c1cc(O)c(O)c([N+](=O)[O-])c1. The molecule has 0 radical (unpaired) electrons. The number of aliphatic hydroxyl groups is 1. The first-order chi connectivity index (χ1) is 13.8. The third-order valence-corrected chi connectivity index (χ3v) is 3.77. The average molecular weight is 393 g/mol. The van der Waals surface area contributed by atoms with Crippen LogP contribution in [0.15, 0.2) is 48.0 Å². The highest BCUT2D eigenvalue weighted by Crippen LogP contribution is 2.38. The van der Waals surface area contributed by atoms with E-state index < -0.39 is 39.3 Å². The van der Waals surface area contributed by atoms with Gasteiger partial charge in [0.2, 0.25) is 5.75 Å². The second-order valence-corrected chi connectivity index (χ2v) is 5.78. The summed E-state index contributed by atoms with van der Waals surface area (Å²) in [4.78, 5) is 23.5. The van der Waals surface area contributed by atoms with Gasteiger partial charge in [0.1, 0.15) is 11.8 Å². The number of nitrogens with zero attached hydrogens (tertiary/aromatic N) is 3. The summed E-state index contributed by atoms with van der Waals surface area (Å²) in [6.45, 7) is -0.0484. The lowest BCUT2D eigenvalue weighted by atomic mass is 10.1. The largest absolute Gasteiger partial charge is 0.506 e. The molecule has 2 rings (SSSR count). The molecule has 0 saturated carbocycles. The van der Waals surface area contributed by atoms with Crippen molar-refractivity contribution in [3.05, 3.63) is 69.3 Å². The van der Waals surface area contributed by atoms with Crippen molar-refractivity contribution >= 4 is 17.4 Å². The zero-order valence-corrected chi connectivity index (χ0v) is 15.2. The fraction of sp³-hybridized carbons (Fsp3) is 0.100. The first-order valence-corrected chi connectivity index (χ1v) is 8.09. The second kappa shape index (κ2) is 8.93. The van der Waals surface area contributed by atoms with Gasteiger partial charge >= 0.3 is 5.69 Å². The highest BCUT2D eigenvalue weighted by atomic mass is 16.6. The molecule has 0 heterocycles. The van der Waals surface area contributed by atoms with Crippen LogP contribution in [0.1, 0.15) is 11.1 Å². The minimum absolute atomic E-state index is 0.0484. The molecule has 29 heavy (non-hydrogen) atoms. The van der Waals surface area contributed by atoms with Crippen molar-refractivity contribution in [3.63, 3.8) is 0 Å². The molecule has 0 saturated heterocycles. The van der Waals surface area contributed by atoms with Crippen LogP contribution in [0, 0.1) is 33.3 Å². The minimum atomic E-state index is -0.996. The Labute approximate surface area is 165 Å². The maximum atomic E-state index is 12.5. The van der Waals surface area contributed by atoms with E-state index in [4.69, 9.17) is 0 Å². The van der Waals surface area contributed by atoms with Crippen LogP contribution in [0.3, 0.4) is 0 Å². The number of hydrogen-bond acceptors (Lipinski definition) is 7. The first-order valence-electron chi connectivity index (χ1n) is 8.09. The highest BCUT2D eigenvalue weighted by Gasteiger charge is 2.24. The molecular formula is C20H15N3O6. The molecule has 2 aromatic rings. The number of phenols is 2. The fourth-order valence-corrected chi connectivity index (χ4v) is 2.27. The number of hydrogen-bond donors (Lipinski definition) is 3. The third-order valence-electron chi connectivity index (χ3n) is 3.77. The van der Waals surface area contributed by atoms with E-state index in [1.165, 1.54) is 7.05 Å². The number of rotatable bonds is 4. The van der Waals surface area contributed by atoms with Gasteiger partial charge in [-0.2, -0.15) is 5.26 Å². The number of aliphatic hydroxyl groups excluding tert-OH is 1. The Morgan fingerprint density at radius 1 is 1.24 bits per heavy atom. The number of nitriles is 1. The first kappa shape index (κ1) is 20.8. The number of nitro benzene ring substituents is 1. The summed E-state index contributed by atoms with van der Waals surface area (Å²) in [6.07, 6.45) is 0. The van der Waals surface area contributed by atoms with Crippen LogP contribution in [0.25, 0.3) is 5.76 Å². The molecule has 1 amide bonds. The molecule has 0 spiro atoms. The molecule has 0 atom stereocenters. The zero-order chi connectivity index (χ0) is 21.6. The molecule has 3 N–H and O–H groups in total. The van der Waals surface area contributed by atoms with Gasteiger partial charge in [-0.1, -0.05) is 30.0 Å². The van der Waals surface area contributed by atoms with Crippen molar-refractivity contribution in [1.29, 1.82) is 5.26 Å². The van der Waals surface area contributed by atoms with Gasteiger partial charge in [0.15, 0.2) is 11.3 Å². The Hall–Kier alpha value is -4.50. The van der Waals surface area contributed by atoms with Crippen LogP contribution < -0.4 is 0 Å². The summed E-state index contributed by atoms with van der Waals surface area (Å²) in [6, 6.07) is 12.1. The topological polar surface area (TPSA) is 148 Å². The summed E-state index contributed by atoms with van der Waals surface area (Å²) >= 11 is 0. The predicted molar refractivity (Wildman–Crippen MR) is 103 cm³/mol. The van der Waals surface area contributed by atoms with Crippen LogP contribution in [0.5, 0.6) is 11.5 Å². The number of likely N-dealkylation sites (N-methyl/N-ethyl adjacent to an activating group) is 1. The van der Waals surface area contributed by atoms with Gasteiger partial charge in [-0.25, -0.2) is 0 Å². The van der Waals surface area contributed by atoms with Crippen molar-refractivity contribution < 1.29 is 25.0 Å². The summed E-state index contributed by atoms with van der Waals surface area (Å²) < 4.78 is 0. The molecule has 0 aliphatic heterocycles. The standard InChI is InChI=1S/C20H15N3O6/c1-22(9-5-8-13-6-3-2-4-7-13)20(27)15(12-21)18(25)14-10-16(23(28)29)19(26)17(24)11-14/h2-4,6-7,10-11,24-26H,9H2,1H3/b18-15-. The number of carbonyl (C=O) groups is 1. The molecule has 9 nitrogen and oxygen atoms in total. The Kier molecular flexibility index (Phi) is 6.41. The summed E-state index contributed by atoms with van der Waals surface area (Å²) in [7, 11) is 1.36. The lowest BCUT2D eigenvalue weighted by Gasteiger charge is -2.14. The fourth-order valence-electron chi connectivity index (χ4n) is 2.27. The smallest absolute Gasteiger partial charge is 0.315 e. The van der Waals surface area contributed by atoms with Gasteiger partial charge in [0.05, 0.1) is 11.5 Å². The van der Waals surface area contributed by atoms with Crippen LogP contribution in [0.2, 0.25) is 0 Å². The zero-order valence-electron chi connectivity index (χ0n) is 15.2.